The standard InChI is InChI=1S/C7H15N.C2H6/c1-4-6-8-7(3)5-2;1-2/h4-6H2,1-3H3;1-2H3. The van der Waals surface area contributed by atoms with E-state index in [-0.39, 0.29) is 0 Å². The van der Waals surface area contributed by atoms with Crippen LogP contribution in [0.5, 0.6) is 0 Å². The highest BCUT2D eigenvalue weighted by Crippen LogP contribution is 1.85. The normalized spacial score (nSPS) is 10.3. The first-order valence-electron chi connectivity index (χ1n) is 4.31. The van der Waals surface area contributed by atoms with Crippen molar-refractivity contribution >= 4 is 5.71 Å². The van der Waals surface area contributed by atoms with E-state index < -0.39 is 0 Å². The highest BCUT2D eigenvalue weighted by atomic mass is 14.7. The van der Waals surface area contributed by atoms with Crippen molar-refractivity contribution in [3.8, 4) is 0 Å². The van der Waals surface area contributed by atoms with Crippen LogP contribution in [-0.2, 0) is 0 Å². The Labute approximate surface area is 65.6 Å². The molecule has 0 amide bonds. The molecule has 0 rings (SSSR count). The lowest BCUT2D eigenvalue weighted by atomic mass is 10.3. The molecule has 0 atom stereocenters. The molecule has 0 aromatic heterocycles. The molecule has 0 aliphatic rings. The summed E-state index contributed by atoms with van der Waals surface area (Å²) in [5.74, 6) is 0. The second-order valence-electron chi connectivity index (χ2n) is 1.97. The molecule has 62 valence electrons. The number of hydrogen-bond acceptors (Lipinski definition) is 1. The van der Waals surface area contributed by atoms with Gasteiger partial charge in [0.25, 0.3) is 0 Å². The Kier molecular flexibility index (Phi) is 14.2. The molecule has 0 aliphatic heterocycles. The molecule has 0 saturated carbocycles. The predicted molar refractivity (Wildman–Crippen MR) is 49.9 cm³/mol. The van der Waals surface area contributed by atoms with Crippen molar-refractivity contribution < 1.29 is 0 Å². The van der Waals surface area contributed by atoms with E-state index in [0.717, 1.165) is 19.4 Å². The molecule has 0 fully saturated rings. The smallest absolute Gasteiger partial charge is 0.0385 e. The highest BCUT2D eigenvalue weighted by molar-refractivity contribution is 5.81. The van der Waals surface area contributed by atoms with Gasteiger partial charge in [-0.05, 0) is 19.8 Å². The van der Waals surface area contributed by atoms with Gasteiger partial charge < -0.3 is 0 Å². The van der Waals surface area contributed by atoms with Crippen molar-refractivity contribution in [1.29, 1.82) is 0 Å². The predicted octanol–water partition coefficient (Wildman–Crippen LogP) is 3.29. The molecule has 0 aromatic rings. The van der Waals surface area contributed by atoms with Gasteiger partial charge in [0.2, 0.25) is 0 Å². The van der Waals surface area contributed by atoms with Gasteiger partial charge in [-0.1, -0.05) is 27.7 Å². The minimum atomic E-state index is 1.000. The quantitative estimate of drug-likeness (QED) is 0.537. The van der Waals surface area contributed by atoms with E-state index >= 15 is 0 Å². The van der Waals surface area contributed by atoms with Crippen LogP contribution < -0.4 is 0 Å². The summed E-state index contributed by atoms with van der Waals surface area (Å²) in [6.07, 6.45) is 2.26. The Balaban J connectivity index is 0. The summed E-state index contributed by atoms with van der Waals surface area (Å²) in [4.78, 5) is 4.28. The van der Waals surface area contributed by atoms with E-state index in [1.807, 2.05) is 13.8 Å². The van der Waals surface area contributed by atoms with Gasteiger partial charge in [0.1, 0.15) is 0 Å². The van der Waals surface area contributed by atoms with Crippen LogP contribution in [-0.4, -0.2) is 12.3 Å². The van der Waals surface area contributed by atoms with Gasteiger partial charge in [0.05, 0.1) is 0 Å². The molecule has 0 saturated heterocycles. The van der Waals surface area contributed by atoms with Crippen LogP contribution in [0.25, 0.3) is 0 Å². The van der Waals surface area contributed by atoms with Crippen LogP contribution in [0.15, 0.2) is 4.99 Å². The highest BCUT2D eigenvalue weighted by Gasteiger charge is 1.80. The minimum Gasteiger partial charge on any atom is -0.294 e. The van der Waals surface area contributed by atoms with Crippen LogP contribution >= 0.6 is 0 Å². The maximum Gasteiger partial charge on any atom is 0.0385 e. The zero-order valence-corrected chi connectivity index (χ0v) is 8.07. The molecule has 0 bridgehead atoms. The Hall–Kier alpha value is -0.330. The molecule has 0 aromatic carbocycles. The van der Waals surface area contributed by atoms with E-state index in [2.05, 4.69) is 25.8 Å². The maximum atomic E-state index is 4.28. The second-order valence-corrected chi connectivity index (χ2v) is 1.97. The van der Waals surface area contributed by atoms with Gasteiger partial charge in [-0.25, -0.2) is 0 Å². The monoisotopic (exact) mass is 143 g/mol. The molecule has 0 spiro atoms. The molecule has 0 unspecified atom stereocenters. The summed E-state index contributed by atoms with van der Waals surface area (Å²) < 4.78 is 0. The molecular weight excluding hydrogens is 122 g/mol. The zero-order valence-electron chi connectivity index (χ0n) is 8.07. The van der Waals surface area contributed by atoms with Crippen molar-refractivity contribution in [2.24, 2.45) is 4.99 Å². The minimum absolute atomic E-state index is 1.000. The van der Waals surface area contributed by atoms with Crippen molar-refractivity contribution in [2.75, 3.05) is 6.54 Å². The molecular formula is C9H21N. The summed E-state index contributed by atoms with van der Waals surface area (Å²) >= 11 is 0. The Morgan fingerprint density at radius 1 is 1.20 bits per heavy atom. The first-order valence-corrected chi connectivity index (χ1v) is 4.31. The average molecular weight is 143 g/mol. The van der Waals surface area contributed by atoms with Gasteiger partial charge in [-0.15, -0.1) is 0 Å². The van der Waals surface area contributed by atoms with Crippen LogP contribution in [0.4, 0.5) is 0 Å². The van der Waals surface area contributed by atoms with Gasteiger partial charge >= 0.3 is 0 Å². The first kappa shape index (κ1) is 12.4. The summed E-state index contributed by atoms with van der Waals surface area (Å²) in [7, 11) is 0. The molecule has 0 N–H and O–H groups in total. The summed E-state index contributed by atoms with van der Waals surface area (Å²) in [6, 6.07) is 0. The fourth-order valence-electron chi connectivity index (χ4n) is 0.414. The lowest BCUT2D eigenvalue weighted by Gasteiger charge is -1.91. The van der Waals surface area contributed by atoms with Crippen LogP contribution in [0, 0.1) is 0 Å². The van der Waals surface area contributed by atoms with Crippen molar-refractivity contribution in [1.82, 2.24) is 0 Å². The fraction of sp³-hybridized carbons (Fsp3) is 0.889. The summed E-state index contributed by atoms with van der Waals surface area (Å²) in [5, 5.41) is 0. The van der Waals surface area contributed by atoms with Crippen molar-refractivity contribution in [3.05, 3.63) is 0 Å². The van der Waals surface area contributed by atoms with E-state index in [9.17, 15) is 0 Å². The summed E-state index contributed by atoms with van der Waals surface area (Å²) in [5.41, 5.74) is 1.27. The third kappa shape index (κ3) is 10.6. The van der Waals surface area contributed by atoms with Gasteiger partial charge in [-0.2, -0.15) is 0 Å². The molecule has 0 aliphatic carbocycles. The topological polar surface area (TPSA) is 12.4 Å². The fourth-order valence-corrected chi connectivity index (χ4v) is 0.414. The average Bonchev–Trinajstić information content (AvgIpc) is 2.04. The van der Waals surface area contributed by atoms with E-state index in [1.54, 1.807) is 0 Å². The van der Waals surface area contributed by atoms with Crippen LogP contribution in [0.2, 0.25) is 0 Å². The second kappa shape index (κ2) is 11.5. The Bertz CT molecular complexity index is 74.8. The lowest BCUT2D eigenvalue weighted by Crippen LogP contribution is -1.88. The van der Waals surface area contributed by atoms with Crippen molar-refractivity contribution in [3.63, 3.8) is 0 Å². The maximum absolute atomic E-state index is 4.28. The number of rotatable bonds is 3. The lowest BCUT2D eigenvalue weighted by molar-refractivity contribution is 0.925. The number of hydrogen-bond donors (Lipinski definition) is 0. The SMILES string of the molecule is CC.CCCN=C(C)CC. The zero-order chi connectivity index (χ0) is 8.41. The van der Waals surface area contributed by atoms with E-state index in [4.69, 9.17) is 0 Å². The molecule has 1 nitrogen and oxygen atoms in total. The van der Waals surface area contributed by atoms with Crippen LogP contribution in [0.3, 0.4) is 0 Å². The molecule has 0 heterocycles. The summed E-state index contributed by atoms with van der Waals surface area (Å²) in [6.45, 7) is 11.4. The van der Waals surface area contributed by atoms with E-state index in [0.29, 0.717) is 0 Å². The number of nitrogens with zero attached hydrogens (tertiary/aromatic N) is 1. The van der Waals surface area contributed by atoms with E-state index in [1.165, 1.54) is 5.71 Å². The van der Waals surface area contributed by atoms with Crippen molar-refractivity contribution in [2.45, 2.75) is 47.5 Å². The van der Waals surface area contributed by atoms with Gasteiger partial charge in [0.15, 0.2) is 0 Å². The third-order valence-electron chi connectivity index (χ3n) is 1.12. The first-order chi connectivity index (χ1) is 4.81. The molecule has 1 heteroatoms. The molecule has 10 heavy (non-hydrogen) atoms. The Morgan fingerprint density at radius 2 is 1.70 bits per heavy atom. The van der Waals surface area contributed by atoms with Gasteiger partial charge in [0, 0.05) is 12.3 Å². The largest absolute Gasteiger partial charge is 0.294 e. The number of aliphatic imine (C=N–C) groups is 1. The van der Waals surface area contributed by atoms with Crippen LogP contribution in [0.1, 0.15) is 47.5 Å². The molecule has 0 radical (unpaired) electrons. The van der Waals surface area contributed by atoms with Gasteiger partial charge in [-0.3, -0.25) is 4.99 Å². The third-order valence-corrected chi connectivity index (χ3v) is 1.12. The Morgan fingerprint density at radius 3 is 2.00 bits per heavy atom.